The van der Waals surface area contributed by atoms with E-state index in [1.165, 1.54) is 45.2 Å². The van der Waals surface area contributed by atoms with E-state index < -0.39 is 0 Å². The molecule has 0 spiro atoms. The summed E-state index contributed by atoms with van der Waals surface area (Å²) in [5, 5.41) is 4.25. The van der Waals surface area contributed by atoms with Crippen LogP contribution in [0.4, 0.5) is 0 Å². The molecule has 2 fully saturated rings. The quantitative estimate of drug-likeness (QED) is 0.859. The van der Waals surface area contributed by atoms with Crippen LogP contribution >= 0.6 is 11.6 Å². The molecule has 1 saturated heterocycles. The lowest BCUT2D eigenvalue weighted by Gasteiger charge is -2.23. The second-order valence-corrected chi connectivity index (χ2v) is 6.11. The molecule has 2 aliphatic rings. The first-order valence-electron chi connectivity index (χ1n) is 7.40. The van der Waals surface area contributed by atoms with Gasteiger partial charge in [0, 0.05) is 43.5 Å². The summed E-state index contributed by atoms with van der Waals surface area (Å²) in [5.41, 5.74) is 1.10. The lowest BCUT2D eigenvalue weighted by Crippen LogP contribution is -2.36. The van der Waals surface area contributed by atoms with E-state index in [1.807, 2.05) is 12.1 Å². The summed E-state index contributed by atoms with van der Waals surface area (Å²) in [5.74, 6) is 0. The number of nitrogens with zero attached hydrogens (tertiary/aromatic N) is 2. The minimum absolute atomic E-state index is 0.608. The molecule has 1 aliphatic heterocycles. The molecule has 19 heavy (non-hydrogen) atoms. The van der Waals surface area contributed by atoms with E-state index >= 15 is 0 Å². The Hall–Kier alpha value is -0.640. The van der Waals surface area contributed by atoms with E-state index in [0.29, 0.717) is 11.2 Å². The van der Waals surface area contributed by atoms with Gasteiger partial charge in [-0.15, -0.1) is 0 Å². The zero-order valence-corrected chi connectivity index (χ0v) is 12.1. The molecule has 1 saturated carbocycles. The van der Waals surface area contributed by atoms with Gasteiger partial charge >= 0.3 is 0 Å². The van der Waals surface area contributed by atoms with Gasteiger partial charge in [0.15, 0.2) is 0 Å². The Morgan fingerprint density at radius 3 is 2.95 bits per heavy atom. The van der Waals surface area contributed by atoms with Crippen molar-refractivity contribution in [2.24, 2.45) is 0 Å². The number of hydrogen-bond donors (Lipinski definition) is 1. The summed E-state index contributed by atoms with van der Waals surface area (Å²) in [7, 11) is 0. The van der Waals surface area contributed by atoms with Crippen molar-refractivity contribution in [1.29, 1.82) is 0 Å². The fourth-order valence-electron chi connectivity index (χ4n) is 3.36. The molecule has 1 atom stereocenters. The van der Waals surface area contributed by atoms with Crippen LogP contribution in [0.1, 0.15) is 37.7 Å². The molecule has 3 nitrogen and oxygen atoms in total. The second-order valence-electron chi connectivity index (χ2n) is 5.75. The average Bonchev–Trinajstić information content (AvgIpc) is 3.09. The Morgan fingerprint density at radius 2 is 2.16 bits per heavy atom. The zero-order valence-electron chi connectivity index (χ0n) is 11.3. The van der Waals surface area contributed by atoms with Crippen molar-refractivity contribution >= 4 is 11.6 Å². The van der Waals surface area contributed by atoms with Gasteiger partial charge in [-0.2, -0.15) is 0 Å². The zero-order chi connectivity index (χ0) is 13.1. The number of aromatic nitrogens is 1. The van der Waals surface area contributed by atoms with Gasteiger partial charge < -0.3 is 5.32 Å². The SMILES string of the molecule is Clc1ncccc1CNC1CCN(C2CCCC2)C1. The summed E-state index contributed by atoms with van der Waals surface area (Å²) >= 11 is 6.08. The molecule has 1 N–H and O–H groups in total. The van der Waals surface area contributed by atoms with Gasteiger partial charge in [0.2, 0.25) is 0 Å². The summed E-state index contributed by atoms with van der Waals surface area (Å²) in [4.78, 5) is 6.79. The number of rotatable bonds is 4. The highest BCUT2D eigenvalue weighted by molar-refractivity contribution is 6.30. The minimum atomic E-state index is 0.608. The van der Waals surface area contributed by atoms with Crippen molar-refractivity contribution in [1.82, 2.24) is 15.2 Å². The normalized spacial score (nSPS) is 25.2. The summed E-state index contributed by atoms with van der Waals surface area (Å²) in [6.07, 6.45) is 8.65. The molecule has 3 rings (SSSR count). The van der Waals surface area contributed by atoms with Gasteiger partial charge in [-0.25, -0.2) is 4.98 Å². The Morgan fingerprint density at radius 1 is 1.32 bits per heavy atom. The third kappa shape index (κ3) is 3.28. The number of halogens is 1. The third-order valence-corrected chi connectivity index (χ3v) is 4.82. The molecular weight excluding hydrogens is 258 g/mol. The average molecular weight is 280 g/mol. The molecule has 1 aromatic rings. The van der Waals surface area contributed by atoms with E-state index in [1.54, 1.807) is 6.20 Å². The molecule has 1 aliphatic carbocycles. The standard InChI is InChI=1S/C15H22ClN3/c16-15-12(4-3-8-17-15)10-18-13-7-9-19(11-13)14-5-1-2-6-14/h3-4,8,13-14,18H,1-2,5-7,9-11H2. The second kappa shape index (κ2) is 6.21. The van der Waals surface area contributed by atoms with E-state index in [9.17, 15) is 0 Å². The highest BCUT2D eigenvalue weighted by atomic mass is 35.5. The predicted molar refractivity (Wildman–Crippen MR) is 78.3 cm³/mol. The maximum atomic E-state index is 6.08. The molecule has 0 amide bonds. The Balaban J connectivity index is 1.48. The van der Waals surface area contributed by atoms with Crippen LogP contribution < -0.4 is 5.32 Å². The summed E-state index contributed by atoms with van der Waals surface area (Å²) < 4.78 is 0. The van der Waals surface area contributed by atoms with E-state index in [-0.39, 0.29) is 0 Å². The van der Waals surface area contributed by atoms with Gasteiger partial charge in [-0.1, -0.05) is 30.5 Å². The smallest absolute Gasteiger partial charge is 0.133 e. The molecule has 104 valence electrons. The molecule has 1 aromatic heterocycles. The predicted octanol–water partition coefficient (Wildman–Crippen LogP) is 2.84. The molecule has 0 bridgehead atoms. The molecule has 1 unspecified atom stereocenters. The van der Waals surface area contributed by atoms with Crippen molar-refractivity contribution < 1.29 is 0 Å². The Labute approximate surface area is 120 Å². The first-order chi connectivity index (χ1) is 9.33. The van der Waals surface area contributed by atoms with Crippen LogP contribution in [0.2, 0.25) is 5.15 Å². The lowest BCUT2D eigenvalue weighted by molar-refractivity contribution is 0.240. The molecule has 0 aromatic carbocycles. The fraction of sp³-hybridized carbons (Fsp3) is 0.667. The van der Waals surface area contributed by atoms with E-state index in [0.717, 1.165) is 18.2 Å². The van der Waals surface area contributed by atoms with Crippen molar-refractivity contribution in [3.05, 3.63) is 29.0 Å². The van der Waals surface area contributed by atoms with Gasteiger partial charge in [0.1, 0.15) is 5.15 Å². The fourth-order valence-corrected chi connectivity index (χ4v) is 3.55. The van der Waals surface area contributed by atoms with Crippen LogP contribution in [0.25, 0.3) is 0 Å². The first kappa shape index (κ1) is 13.3. The largest absolute Gasteiger partial charge is 0.308 e. The van der Waals surface area contributed by atoms with Crippen molar-refractivity contribution in [3.63, 3.8) is 0 Å². The van der Waals surface area contributed by atoms with Crippen molar-refractivity contribution in [3.8, 4) is 0 Å². The van der Waals surface area contributed by atoms with Gasteiger partial charge in [-0.3, -0.25) is 4.90 Å². The Kier molecular flexibility index (Phi) is 4.36. The van der Waals surface area contributed by atoms with Gasteiger partial charge in [0.05, 0.1) is 0 Å². The van der Waals surface area contributed by atoms with Crippen molar-refractivity contribution in [2.45, 2.75) is 50.7 Å². The molecular formula is C15H22ClN3. The Bertz CT molecular complexity index is 418. The number of likely N-dealkylation sites (tertiary alicyclic amines) is 1. The van der Waals surface area contributed by atoms with Crippen LogP contribution in [0.5, 0.6) is 0 Å². The van der Waals surface area contributed by atoms with Crippen LogP contribution in [-0.4, -0.2) is 35.1 Å². The van der Waals surface area contributed by atoms with E-state index in [2.05, 4.69) is 15.2 Å². The number of nitrogens with one attached hydrogen (secondary N) is 1. The topological polar surface area (TPSA) is 28.2 Å². The highest BCUT2D eigenvalue weighted by Crippen LogP contribution is 2.26. The minimum Gasteiger partial charge on any atom is -0.308 e. The van der Waals surface area contributed by atoms with Gasteiger partial charge in [0.25, 0.3) is 0 Å². The monoisotopic (exact) mass is 279 g/mol. The van der Waals surface area contributed by atoms with Crippen LogP contribution in [0.15, 0.2) is 18.3 Å². The summed E-state index contributed by atoms with van der Waals surface area (Å²) in [6.45, 7) is 3.28. The van der Waals surface area contributed by atoms with E-state index in [4.69, 9.17) is 11.6 Å². The molecule has 2 heterocycles. The number of pyridine rings is 1. The molecule has 0 radical (unpaired) electrons. The maximum Gasteiger partial charge on any atom is 0.133 e. The van der Waals surface area contributed by atoms with Crippen LogP contribution in [0.3, 0.4) is 0 Å². The van der Waals surface area contributed by atoms with Crippen LogP contribution in [-0.2, 0) is 6.54 Å². The van der Waals surface area contributed by atoms with Crippen molar-refractivity contribution in [2.75, 3.05) is 13.1 Å². The molecule has 4 heteroatoms. The number of hydrogen-bond acceptors (Lipinski definition) is 3. The highest BCUT2D eigenvalue weighted by Gasteiger charge is 2.29. The summed E-state index contributed by atoms with van der Waals surface area (Å²) in [6, 6.07) is 5.46. The van der Waals surface area contributed by atoms with Crippen LogP contribution in [0, 0.1) is 0 Å². The maximum absolute atomic E-state index is 6.08. The first-order valence-corrected chi connectivity index (χ1v) is 7.77. The third-order valence-electron chi connectivity index (χ3n) is 4.48. The lowest BCUT2D eigenvalue weighted by atomic mass is 10.2. The van der Waals surface area contributed by atoms with Gasteiger partial charge in [-0.05, 0) is 25.3 Å².